The molecule has 184 valence electrons. The van der Waals surface area contributed by atoms with Gasteiger partial charge in [0, 0.05) is 43.8 Å². The third-order valence-electron chi connectivity index (χ3n) is 6.35. The average Bonchev–Trinajstić information content (AvgIpc) is 3.53. The molecule has 3 amide bonds. The van der Waals surface area contributed by atoms with Gasteiger partial charge in [0.1, 0.15) is 13.7 Å². The molecule has 1 aromatic heterocycles. The van der Waals surface area contributed by atoms with Gasteiger partial charge < -0.3 is 26.2 Å². The molecule has 2 aromatic rings. The van der Waals surface area contributed by atoms with E-state index in [9.17, 15) is 9.59 Å². The highest BCUT2D eigenvalue weighted by Gasteiger charge is 2.27. The van der Waals surface area contributed by atoms with Crippen molar-refractivity contribution in [3.8, 4) is 0 Å². The number of rotatable bonds is 9. The number of hydrogen-bond donors (Lipinski definition) is 4. The second-order valence-corrected chi connectivity index (χ2v) is 9.04. The van der Waals surface area contributed by atoms with Crippen LogP contribution in [0.5, 0.6) is 0 Å². The van der Waals surface area contributed by atoms with Crippen molar-refractivity contribution in [2.24, 2.45) is 0 Å². The van der Waals surface area contributed by atoms with Gasteiger partial charge in [-0.2, -0.15) is 4.98 Å². The standard InChI is InChI=1S/C24H33BN8O2/c1-32-12-5-9-20(32)22(34)27-11-6-10-26-21-19(25)16-28-23(31-21)29-17-7-4-8-18(15-17)30-24(35)33-13-2-3-14-33/h4,7-8,15-16,20H,2-3,5-6,9-14H2,1H3,(H,27,34)(H,30,35)(H2,26,28,29,31). The summed E-state index contributed by atoms with van der Waals surface area (Å²) in [6, 6.07) is 7.33. The molecule has 2 aliphatic rings. The van der Waals surface area contributed by atoms with E-state index < -0.39 is 0 Å². The fourth-order valence-corrected chi connectivity index (χ4v) is 4.39. The molecule has 35 heavy (non-hydrogen) atoms. The third-order valence-corrected chi connectivity index (χ3v) is 6.35. The van der Waals surface area contributed by atoms with Crippen LogP contribution in [0.4, 0.5) is 27.9 Å². The zero-order valence-corrected chi connectivity index (χ0v) is 20.2. The maximum absolute atomic E-state index is 12.4. The van der Waals surface area contributed by atoms with Gasteiger partial charge in [-0.15, -0.1) is 0 Å². The van der Waals surface area contributed by atoms with Crippen molar-refractivity contribution in [2.75, 3.05) is 55.7 Å². The van der Waals surface area contributed by atoms with Gasteiger partial charge in [-0.25, -0.2) is 9.78 Å². The Morgan fingerprint density at radius 1 is 1.11 bits per heavy atom. The van der Waals surface area contributed by atoms with E-state index in [0.29, 0.717) is 36.0 Å². The summed E-state index contributed by atoms with van der Waals surface area (Å²) in [5, 5.41) is 12.3. The second kappa shape index (κ2) is 11.9. The molecule has 0 spiro atoms. The largest absolute Gasteiger partial charge is 0.370 e. The van der Waals surface area contributed by atoms with E-state index in [-0.39, 0.29) is 18.0 Å². The van der Waals surface area contributed by atoms with Crippen LogP contribution in [0.3, 0.4) is 0 Å². The summed E-state index contributed by atoms with van der Waals surface area (Å²) >= 11 is 0. The second-order valence-electron chi connectivity index (χ2n) is 9.04. The zero-order valence-electron chi connectivity index (χ0n) is 20.2. The fraction of sp³-hybridized carbons (Fsp3) is 0.500. The number of nitrogens with one attached hydrogen (secondary N) is 4. The lowest BCUT2D eigenvalue weighted by atomic mass is 9.99. The van der Waals surface area contributed by atoms with Crippen LogP contribution in [0.25, 0.3) is 0 Å². The maximum Gasteiger partial charge on any atom is 0.321 e. The van der Waals surface area contributed by atoms with Crippen LogP contribution in [0, 0.1) is 0 Å². The molecule has 2 saturated heterocycles. The first-order valence-electron chi connectivity index (χ1n) is 12.3. The minimum atomic E-state index is -0.0821. The lowest BCUT2D eigenvalue weighted by Crippen LogP contribution is -2.42. The van der Waals surface area contributed by atoms with E-state index in [0.717, 1.165) is 57.4 Å². The molecule has 3 heterocycles. The molecule has 1 atom stereocenters. The number of anilines is 4. The fourth-order valence-electron chi connectivity index (χ4n) is 4.39. The number of urea groups is 1. The molecule has 4 N–H and O–H groups in total. The number of likely N-dealkylation sites (N-methyl/N-ethyl adjacent to an activating group) is 1. The molecule has 2 radical (unpaired) electrons. The Balaban J connectivity index is 1.25. The van der Waals surface area contributed by atoms with Gasteiger partial charge in [0.15, 0.2) is 0 Å². The highest BCUT2D eigenvalue weighted by Crippen LogP contribution is 2.20. The van der Waals surface area contributed by atoms with Crippen molar-refractivity contribution >= 4 is 48.4 Å². The number of carbonyl (C=O) groups is 2. The van der Waals surface area contributed by atoms with Crippen molar-refractivity contribution in [2.45, 2.75) is 38.1 Å². The molecule has 1 aromatic carbocycles. The first-order valence-corrected chi connectivity index (χ1v) is 12.3. The highest BCUT2D eigenvalue weighted by molar-refractivity contribution is 6.35. The Hall–Kier alpha value is -3.34. The summed E-state index contributed by atoms with van der Waals surface area (Å²) in [4.78, 5) is 37.3. The molecule has 0 aliphatic carbocycles. The van der Waals surface area contributed by atoms with Crippen LogP contribution in [-0.2, 0) is 4.79 Å². The molecule has 0 bridgehead atoms. The van der Waals surface area contributed by atoms with E-state index in [1.165, 1.54) is 0 Å². The first-order chi connectivity index (χ1) is 17.0. The summed E-state index contributed by atoms with van der Waals surface area (Å²) in [6.45, 7) is 3.76. The third kappa shape index (κ3) is 6.85. The van der Waals surface area contributed by atoms with Gasteiger partial charge in [-0.05, 0) is 69.4 Å². The summed E-state index contributed by atoms with van der Waals surface area (Å²) in [5.41, 5.74) is 1.89. The summed E-state index contributed by atoms with van der Waals surface area (Å²) in [7, 11) is 8.03. The van der Waals surface area contributed by atoms with Gasteiger partial charge in [0.2, 0.25) is 11.9 Å². The molecule has 10 nitrogen and oxygen atoms in total. The minimum absolute atomic E-state index is 0.0128. The predicted octanol–water partition coefficient (Wildman–Crippen LogP) is 1.65. The molecule has 4 rings (SSSR count). The SMILES string of the molecule is [B]c1cnc(Nc2cccc(NC(=O)N3CCCC3)c2)nc1NCCCNC(=O)C1CCCN1C. The molecule has 0 saturated carbocycles. The van der Waals surface area contributed by atoms with Crippen molar-refractivity contribution in [1.29, 1.82) is 0 Å². The Bertz CT molecular complexity index is 1030. The van der Waals surface area contributed by atoms with Crippen molar-refractivity contribution in [3.05, 3.63) is 30.5 Å². The van der Waals surface area contributed by atoms with E-state index in [2.05, 4.69) is 36.1 Å². The van der Waals surface area contributed by atoms with E-state index >= 15 is 0 Å². The van der Waals surface area contributed by atoms with Crippen LogP contribution in [0.15, 0.2) is 30.5 Å². The molecule has 1 unspecified atom stereocenters. The molecular weight excluding hydrogens is 443 g/mol. The van der Waals surface area contributed by atoms with E-state index in [4.69, 9.17) is 7.85 Å². The smallest absolute Gasteiger partial charge is 0.321 e. The van der Waals surface area contributed by atoms with Crippen molar-refractivity contribution in [3.63, 3.8) is 0 Å². The predicted molar refractivity (Wildman–Crippen MR) is 139 cm³/mol. The van der Waals surface area contributed by atoms with Gasteiger partial charge in [0.25, 0.3) is 0 Å². The summed E-state index contributed by atoms with van der Waals surface area (Å²) < 4.78 is 0. The van der Waals surface area contributed by atoms with Crippen LogP contribution >= 0.6 is 0 Å². The topological polar surface area (TPSA) is 115 Å². The molecule has 2 aliphatic heterocycles. The van der Waals surface area contributed by atoms with Crippen LogP contribution in [0.2, 0.25) is 0 Å². The zero-order chi connectivity index (χ0) is 24.6. The minimum Gasteiger partial charge on any atom is -0.370 e. The number of carbonyl (C=O) groups excluding carboxylic acids is 2. The van der Waals surface area contributed by atoms with E-state index in [1.54, 1.807) is 6.20 Å². The maximum atomic E-state index is 12.4. The van der Waals surface area contributed by atoms with Gasteiger partial charge in [-0.1, -0.05) is 6.07 Å². The normalized spacial score (nSPS) is 17.9. The average molecular weight is 476 g/mol. The summed E-state index contributed by atoms with van der Waals surface area (Å²) in [5.74, 6) is 1.02. The van der Waals surface area contributed by atoms with Crippen molar-refractivity contribution in [1.82, 2.24) is 25.1 Å². The number of aromatic nitrogens is 2. The lowest BCUT2D eigenvalue weighted by molar-refractivity contribution is -0.125. The number of nitrogens with zero attached hydrogens (tertiary/aromatic N) is 4. The number of hydrogen-bond acceptors (Lipinski definition) is 7. The number of amides is 3. The van der Waals surface area contributed by atoms with Gasteiger partial charge >= 0.3 is 6.03 Å². The quantitative estimate of drug-likeness (QED) is 0.322. The highest BCUT2D eigenvalue weighted by atomic mass is 16.2. The number of benzene rings is 1. The Labute approximate surface area is 207 Å². The monoisotopic (exact) mass is 476 g/mol. The Morgan fingerprint density at radius 3 is 2.69 bits per heavy atom. The first kappa shape index (κ1) is 24.8. The number of likely N-dealkylation sites (tertiary alicyclic amines) is 2. The molecule has 11 heteroatoms. The van der Waals surface area contributed by atoms with Crippen molar-refractivity contribution < 1.29 is 9.59 Å². The summed E-state index contributed by atoms with van der Waals surface area (Å²) in [6.07, 6.45) is 6.37. The van der Waals surface area contributed by atoms with Crippen LogP contribution < -0.4 is 26.7 Å². The lowest BCUT2D eigenvalue weighted by Gasteiger charge is -2.18. The van der Waals surface area contributed by atoms with Crippen LogP contribution in [0.1, 0.15) is 32.1 Å². The Morgan fingerprint density at radius 2 is 1.91 bits per heavy atom. The van der Waals surface area contributed by atoms with Crippen LogP contribution in [-0.4, -0.2) is 85.4 Å². The van der Waals surface area contributed by atoms with Gasteiger partial charge in [0.05, 0.1) is 6.04 Å². The molecule has 2 fully saturated rings. The molecular formula is C24H33BN8O2. The van der Waals surface area contributed by atoms with E-state index in [1.807, 2.05) is 36.2 Å². The Kier molecular flexibility index (Phi) is 8.41. The van der Waals surface area contributed by atoms with Gasteiger partial charge in [-0.3, -0.25) is 9.69 Å².